The molecule has 0 fully saturated rings. The molecule has 110 valence electrons. The predicted molar refractivity (Wildman–Crippen MR) is 79.1 cm³/mol. The van der Waals surface area contributed by atoms with Crippen LogP contribution in [-0.4, -0.2) is 24.4 Å². The van der Waals surface area contributed by atoms with Gasteiger partial charge in [-0.1, -0.05) is 26.0 Å². The molecule has 5 nitrogen and oxygen atoms in total. The van der Waals surface area contributed by atoms with Gasteiger partial charge in [-0.25, -0.2) is 0 Å². The number of benzene rings is 1. The van der Waals surface area contributed by atoms with Gasteiger partial charge in [0.25, 0.3) is 5.91 Å². The lowest BCUT2D eigenvalue weighted by atomic mass is 10.0. The fraction of sp³-hybridized carbons (Fsp3) is 0.467. The smallest absolute Gasteiger partial charge is 0.251 e. The highest BCUT2D eigenvalue weighted by Crippen LogP contribution is 2.06. The van der Waals surface area contributed by atoms with Crippen molar-refractivity contribution in [3.63, 3.8) is 0 Å². The molecule has 0 saturated carbocycles. The third-order valence-electron chi connectivity index (χ3n) is 3.01. The second kappa shape index (κ2) is 7.65. The average Bonchev–Trinajstić information content (AvgIpc) is 2.44. The molecule has 0 aliphatic heterocycles. The standard InChI is InChI=1S/C15H23N3O2/c1-4-17-14(19)12-7-5-6-11(8-12)9-18-15(20)13(16)10(2)3/h5-8,10,13H,4,9,16H2,1-3H3,(H,17,19)(H,18,20)/t13-/m0/s1. The number of amides is 2. The number of hydrogen-bond donors (Lipinski definition) is 3. The Balaban J connectivity index is 2.63. The summed E-state index contributed by atoms with van der Waals surface area (Å²) in [6.07, 6.45) is 0. The minimum atomic E-state index is -0.512. The largest absolute Gasteiger partial charge is 0.352 e. The molecule has 1 aromatic rings. The summed E-state index contributed by atoms with van der Waals surface area (Å²) in [5.74, 6) is -0.195. The Kier molecular flexibility index (Phi) is 6.18. The van der Waals surface area contributed by atoms with Gasteiger partial charge in [-0.15, -0.1) is 0 Å². The van der Waals surface area contributed by atoms with E-state index in [4.69, 9.17) is 5.73 Å². The van der Waals surface area contributed by atoms with Gasteiger partial charge in [0.15, 0.2) is 0 Å². The van der Waals surface area contributed by atoms with Gasteiger partial charge in [-0.3, -0.25) is 9.59 Å². The highest BCUT2D eigenvalue weighted by molar-refractivity contribution is 5.94. The number of carbonyl (C=O) groups is 2. The number of rotatable bonds is 6. The van der Waals surface area contributed by atoms with E-state index in [1.54, 1.807) is 18.2 Å². The molecule has 1 atom stereocenters. The van der Waals surface area contributed by atoms with Crippen LogP contribution in [0.1, 0.15) is 36.7 Å². The average molecular weight is 277 g/mol. The Morgan fingerprint density at radius 2 is 1.95 bits per heavy atom. The number of hydrogen-bond acceptors (Lipinski definition) is 3. The number of nitrogens with one attached hydrogen (secondary N) is 2. The first-order chi connectivity index (χ1) is 9.45. The van der Waals surface area contributed by atoms with Gasteiger partial charge < -0.3 is 16.4 Å². The molecule has 0 saturated heterocycles. The Morgan fingerprint density at radius 1 is 1.25 bits per heavy atom. The van der Waals surface area contributed by atoms with Crippen LogP contribution in [-0.2, 0) is 11.3 Å². The zero-order valence-corrected chi connectivity index (χ0v) is 12.3. The Hall–Kier alpha value is -1.88. The van der Waals surface area contributed by atoms with Crippen LogP contribution in [0.2, 0.25) is 0 Å². The molecule has 0 aliphatic carbocycles. The zero-order valence-electron chi connectivity index (χ0n) is 12.3. The summed E-state index contributed by atoms with van der Waals surface area (Å²) in [4.78, 5) is 23.5. The van der Waals surface area contributed by atoms with Crippen molar-refractivity contribution >= 4 is 11.8 Å². The molecule has 0 heterocycles. The molecule has 4 N–H and O–H groups in total. The molecule has 2 amide bonds. The van der Waals surface area contributed by atoms with Gasteiger partial charge in [0, 0.05) is 18.7 Å². The van der Waals surface area contributed by atoms with Crippen LogP contribution >= 0.6 is 0 Å². The minimum Gasteiger partial charge on any atom is -0.352 e. The van der Waals surface area contributed by atoms with E-state index in [0.717, 1.165) is 5.56 Å². The van der Waals surface area contributed by atoms with Crippen LogP contribution in [0.3, 0.4) is 0 Å². The summed E-state index contributed by atoms with van der Waals surface area (Å²) in [5.41, 5.74) is 7.23. The Bertz CT molecular complexity index is 472. The van der Waals surface area contributed by atoms with Gasteiger partial charge in [-0.2, -0.15) is 0 Å². The molecule has 1 aromatic carbocycles. The van der Waals surface area contributed by atoms with Crippen molar-refractivity contribution in [3.05, 3.63) is 35.4 Å². The monoisotopic (exact) mass is 277 g/mol. The summed E-state index contributed by atoms with van der Waals surface area (Å²) in [6.45, 7) is 6.63. The van der Waals surface area contributed by atoms with Crippen molar-refractivity contribution in [2.75, 3.05) is 6.54 Å². The van der Waals surface area contributed by atoms with Gasteiger partial charge in [-0.05, 0) is 30.5 Å². The fourth-order valence-corrected chi connectivity index (χ4v) is 1.69. The van der Waals surface area contributed by atoms with Gasteiger partial charge in [0.1, 0.15) is 0 Å². The van der Waals surface area contributed by atoms with Crippen LogP contribution in [0, 0.1) is 5.92 Å². The van der Waals surface area contributed by atoms with E-state index in [9.17, 15) is 9.59 Å². The van der Waals surface area contributed by atoms with Crippen molar-refractivity contribution in [3.8, 4) is 0 Å². The summed E-state index contributed by atoms with van der Waals surface area (Å²) < 4.78 is 0. The van der Waals surface area contributed by atoms with E-state index in [-0.39, 0.29) is 17.7 Å². The lowest BCUT2D eigenvalue weighted by molar-refractivity contribution is -0.123. The maximum Gasteiger partial charge on any atom is 0.251 e. The van der Waals surface area contributed by atoms with E-state index in [1.807, 2.05) is 26.8 Å². The number of carbonyl (C=O) groups excluding carboxylic acids is 2. The number of nitrogens with two attached hydrogens (primary N) is 1. The van der Waals surface area contributed by atoms with Crippen LogP contribution in [0.15, 0.2) is 24.3 Å². The van der Waals surface area contributed by atoms with E-state index in [1.165, 1.54) is 0 Å². The summed E-state index contributed by atoms with van der Waals surface area (Å²) >= 11 is 0. The SMILES string of the molecule is CCNC(=O)c1cccc(CNC(=O)[C@@H](N)C(C)C)c1. The molecule has 0 bridgehead atoms. The zero-order chi connectivity index (χ0) is 15.1. The van der Waals surface area contributed by atoms with Crippen LogP contribution in [0.4, 0.5) is 0 Å². The summed E-state index contributed by atoms with van der Waals surface area (Å²) in [7, 11) is 0. The van der Waals surface area contributed by atoms with Crippen molar-refractivity contribution in [1.82, 2.24) is 10.6 Å². The van der Waals surface area contributed by atoms with Crippen LogP contribution < -0.4 is 16.4 Å². The topological polar surface area (TPSA) is 84.2 Å². The molecule has 20 heavy (non-hydrogen) atoms. The van der Waals surface area contributed by atoms with Gasteiger partial charge >= 0.3 is 0 Å². The maximum absolute atomic E-state index is 11.8. The quantitative estimate of drug-likeness (QED) is 0.726. The molecule has 0 unspecified atom stereocenters. The van der Waals surface area contributed by atoms with Crippen molar-refractivity contribution in [2.45, 2.75) is 33.4 Å². The van der Waals surface area contributed by atoms with E-state index in [0.29, 0.717) is 18.7 Å². The molecule has 5 heteroatoms. The summed E-state index contributed by atoms with van der Waals surface area (Å²) in [5, 5.41) is 5.52. The second-order valence-electron chi connectivity index (χ2n) is 5.05. The highest BCUT2D eigenvalue weighted by Gasteiger charge is 2.16. The Labute approximate surface area is 119 Å². The Morgan fingerprint density at radius 3 is 2.55 bits per heavy atom. The third kappa shape index (κ3) is 4.66. The van der Waals surface area contributed by atoms with Crippen molar-refractivity contribution in [1.29, 1.82) is 0 Å². The van der Waals surface area contributed by atoms with E-state index >= 15 is 0 Å². The summed E-state index contributed by atoms with van der Waals surface area (Å²) in [6, 6.07) is 6.67. The van der Waals surface area contributed by atoms with E-state index in [2.05, 4.69) is 10.6 Å². The first kappa shape index (κ1) is 16.2. The fourth-order valence-electron chi connectivity index (χ4n) is 1.69. The normalized spacial score (nSPS) is 12.1. The molecular formula is C15H23N3O2. The highest BCUT2D eigenvalue weighted by atomic mass is 16.2. The second-order valence-corrected chi connectivity index (χ2v) is 5.05. The lowest BCUT2D eigenvalue weighted by Gasteiger charge is -2.15. The van der Waals surface area contributed by atoms with E-state index < -0.39 is 6.04 Å². The molecule has 0 aromatic heterocycles. The van der Waals surface area contributed by atoms with Crippen LogP contribution in [0.25, 0.3) is 0 Å². The van der Waals surface area contributed by atoms with Crippen LogP contribution in [0.5, 0.6) is 0 Å². The molecule has 0 spiro atoms. The predicted octanol–water partition coefficient (Wildman–Crippen LogP) is 1.04. The van der Waals surface area contributed by atoms with Gasteiger partial charge in [0.05, 0.1) is 6.04 Å². The van der Waals surface area contributed by atoms with Crippen molar-refractivity contribution < 1.29 is 9.59 Å². The first-order valence-corrected chi connectivity index (χ1v) is 6.86. The minimum absolute atomic E-state index is 0.0941. The first-order valence-electron chi connectivity index (χ1n) is 6.86. The lowest BCUT2D eigenvalue weighted by Crippen LogP contribution is -2.43. The molecular weight excluding hydrogens is 254 g/mol. The third-order valence-corrected chi connectivity index (χ3v) is 3.01. The van der Waals surface area contributed by atoms with Crippen molar-refractivity contribution in [2.24, 2.45) is 11.7 Å². The maximum atomic E-state index is 11.8. The molecule has 0 radical (unpaired) electrons. The van der Waals surface area contributed by atoms with Gasteiger partial charge in [0.2, 0.25) is 5.91 Å². The molecule has 1 rings (SSSR count). The molecule has 0 aliphatic rings.